The molecule has 0 spiro atoms. The molecule has 1 fully saturated rings. The number of nitrogens with zero attached hydrogens (tertiary/aromatic N) is 2. The van der Waals surface area contributed by atoms with Gasteiger partial charge in [-0.05, 0) is 45.0 Å². The van der Waals surface area contributed by atoms with Gasteiger partial charge in [-0.25, -0.2) is 31.5 Å². The molecular weight excluding hydrogens is 420 g/mol. The summed E-state index contributed by atoms with van der Waals surface area (Å²) in [6.45, 7) is 8.37. The number of sulfonamides is 2. The molecule has 0 aliphatic carbocycles. The smallest absolute Gasteiger partial charge is 0.410 e. The van der Waals surface area contributed by atoms with E-state index in [9.17, 15) is 21.6 Å². The van der Waals surface area contributed by atoms with Gasteiger partial charge in [-0.1, -0.05) is 0 Å². The first-order chi connectivity index (χ1) is 13.3. The van der Waals surface area contributed by atoms with Crippen molar-refractivity contribution in [1.82, 2.24) is 14.5 Å². The maximum absolute atomic E-state index is 12.3. The Hall–Kier alpha value is -1.73. The summed E-state index contributed by atoms with van der Waals surface area (Å²) in [7, 11) is -7.64. The first-order valence-corrected chi connectivity index (χ1v) is 12.1. The number of hydrogen-bond donors (Lipinski definition) is 2. The van der Waals surface area contributed by atoms with Gasteiger partial charge in [-0.3, -0.25) is 4.90 Å². The van der Waals surface area contributed by atoms with Gasteiger partial charge in [-0.2, -0.15) is 0 Å². The molecule has 1 aromatic rings. The molecule has 0 aromatic heterocycles. The van der Waals surface area contributed by atoms with Crippen molar-refractivity contribution in [1.29, 1.82) is 0 Å². The second kappa shape index (κ2) is 8.96. The zero-order chi connectivity index (χ0) is 21.9. The highest BCUT2D eigenvalue weighted by Gasteiger charge is 2.26. The van der Waals surface area contributed by atoms with E-state index in [2.05, 4.69) is 4.72 Å². The molecule has 1 aliphatic heterocycles. The Labute approximate surface area is 172 Å². The maximum atomic E-state index is 12.3. The highest BCUT2D eigenvalue weighted by Crippen LogP contribution is 2.14. The van der Waals surface area contributed by atoms with Crippen molar-refractivity contribution in [2.45, 2.75) is 36.2 Å². The van der Waals surface area contributed by atoms with Crippen LogP contribution in [0, 0.1) is 0 Å². The molecule has 1 aliphatic rings. The van der Waals surface area contributed by atoms with Crippen molar-refractivity contribution in [3.05, 3.63) is 24.3 Å². The van der Waals surface area contributed by atoms with Gasteiger partial charge in [0, 0.05) is 39.3 Å². The fraction of sp³-hybridized carbons (Fsp3) is 0.588. The molecule has 1 heterocycles. The monoisotopic (exact) mass is 448 g/mol. The number of nitrogens with two attached hydrogens (primary N) is 1. The molecule has 2 rings (SSSR count). The van der Waals surface area contributed by atoms with E-state index >= 15 is 0 Å². The Balaban J connectivity index is 1.81. The highest BCUT2D eigenvalue weighted by molar-refractivity contribution is 7.89. The van der Waals surface area contributed by atoms with Gasteiger partial charge in [0.25, 0.3) is 0 Å². The summed E-state index contributed by atoms with van der Waals surface area (Å²) in [6.07, 6.45) is -0.346. The zero-order valence-corrected chi connectivity index (χ0v) is 18.4. The number of nitrogens with one attached hydrogen (secondary N) is 1. The summed E-state index contributed by atoms with van der Waals surface area (Å²) < 4.78 is 55.0. The van der Waals surface area contributed by atoms with Gasteiger partial charge in [0.15, 0.2) is 0 Å². The van der Waals surface area contributed by atoms with E-state index < -0.39 is 25.6 Å². The average Bonchev–Trinajstić information content (AvgIpc) is 2.60. The lowest BCUT2D eigenvalue weighted by molar-refractivity contribution is 0.0147. The van der Waals surface area contributed by atoms with E-state index in [-0.39, 0.29) is 22.4 Å². The first-order valence-electron chi connectivity index (χ1n) is 9.11. The van der Waals surface area contributed by atoms with Gasteiger partial charge >= 0.3 is 6.09 Å². The van der Waals surface area contributed by atoms with Crippen LogP contribution in [0.3, 0.4) is 0 Å². The van der Waals surface area contributed by atoms with Gasteiger partial charge in [0.1, 0.15) is 5.60 Å². The molecule has 0 radical (unpaired) electrons. The second-order valence-corrected chi connectivity index (χ2v) is 11.1. The summed E-state index contributed by atoms with van der Waals surface area (Å²) in [5.41, 5.74) is -0.543. The number of primary sulfonamides is 1. The normalized spacial score (nSPS) is 16.6. The van der Waals surface area contributed by atoms with Crippen LogP contribution < -0.4 is 9.86 Å². The molecule has 3 N–H and O–H groups in total. The number of hydrogen-bond acceptors (Lipinski definition) is 7. The number of carbonyl (C=O) groups excluding carboxylic acids is 1. The Morgan fingerprint density at radius 2 is 1.55 bits per heavy atom. The number of rotatable bonds is 6. The van der Waals surface area contributed by atoms with Crippen LogP contribution in [0.25, 0.3) is 0 Å². The van der Waals surface area contributed by atoms with Crippen LogP contribution in [0.1, 0.15) is 20.8 Å². The Kier molecular flexibility index (Phi) is 7.28. The van der Waals surface area contributed by atoms with Crippen LogP contribution in [0.15, 0.2) is 34.1 Å². The van der Waals surface area contributed by atoms with Crippen LogP contribution >= 0.6 is 0 Å². The quantitative estimate of drug-likeness (QED) is 0.632. The molecule has 0 atom stereocenters. The minimum atomic E-state index is -3.88. The zero-order valence-electron chi connectivity index (χ0n) is 16.8. The topological polar surface area (TPSA) is 139 Å². The summed E-state index contributed by atoms with van der Waals surface area (Å²) in [4.78, 5) is 15.5. The van der Waals surface area contributed by atoms with E-state index in [1.807, 2.05) is 25.7 Å². The number of ether oxygens (including phenoxy) is 1. The summed E-state index contributed by atoms with van der Waals surface area (Å²) in [5, 5.41) is 5.01. The molecule has 1 saturated heterocycles. The van der Waals surface area contributed by atoms with Crippen molar-refractivity contribution in [3.63, 3.8) is 0 Å². The minimum absolute atomic E-state index is 0.0420. The predicted octanol–water partition coefficient (Wildman–Crippen LogP) is 0.165. The van der Waals surface area contributed by atoms with Crippen LogP contribution in [0.5, 0.6) is 0 Å². The molecule has 1 aromatic carbocycles. The Morgan fingerprint density at radius 1 is 1.03 bits per heavy atom. The van der Waals surface area contributed by atoms with Crippen molar-refractivity contribution in [3.8, 4) is 0 Å². The van der Waals surface area contributed by atoms with Crippen molar-refractivity contribution in [2.24, 2.45) is 5.14 Å². The van der Waals surface area contributed by atoms with Crippen LogP contribution in [-0.4, -0.2) is 77.6 Å². The number of benzene rings is 1. The largest absolute Gasteiger partial charge is 0.444 e. The van der Waals surface area contributed by atoms with E-state index in [0.29, 0.717) is 32.7 Å². The second-order valence-electron chi connectivity index (χ2n) is 7.72. The van der Waals surface area contributed by atoms with Gasteiger partial charge in [0.2, 0.25) is 20.0 Å². The SMILES string of the molecule is CC(C)(C)OC(=O)N1CCN(CCNS(=O)(=O)c2ccc(S(N)(=O)=O)cc2)CC1. The molecular formula is C17H28N4O6S2. The molecule has 0 saturated carbocycles. The molecule has 29 heavy (non-hydrogen) atoms. The third kappa shape index (κ3) is 7.23. The lowest BCUT2D eigenvalue weighted by atomic mass is 10.2. The highest BCUT2D eigenvalue weighted by atomic mass is 32.2. The standard InChI is InChI=1S/C17H28N4O6S2/c1-17(2,3)27-16(22)21-12-10-20(11-13-21)9-8-19-29(25,26)15-6-4-14(5-7-15)28(18,23)24/h4-7,19H,8-13H2,1-3H3,(H2,18,23,24). The van der Waals surface area contributed by atoms with Gasteiger partial charge in [0.05, 0.1) is 9.79 Å². The van der Waals surface area contributed by atoms with Gasteiger partial charge in [-0.15, -0.1) is 0 Å². The third-order valence-electron chi connectivity index (χ3n) is 4.21. The predicted molar refractivity (Wildman–Crippen MR) is 107 cm³/mol. The summed E-state index contributed by atoms with van der Waals surface area (Å²) in [6, 6.07) is 4.70. The number of carbonyl (C=O) groups is 1. The molecule has 0 bridgehead atoms. The molecule has 1 amide bonds. The Morgan fingerprint density at radius 3 is 2.03 bits per heavy atom. The number of piperazine rings is 1. The number of amides is 1. The lowest BCUT2D eigenvalue weighted by Crippen LogP contribution is -2.51. The summed E-state index contributed by atoms with van der Waals surface area (Å²) in [5.74, 6) is 0. The maximum Gasteiger partial charge on any atom is 0.410 e. The molecule has 164 valence electrons. The van der Waals surface area contributed by atoms with Crippen molar-refractivity contribution < 1.29 is 26.4 Å². The first kappa shape index (κ1) is 23.5. The summed E-state index contributed by atoms with van der Waals surface area (Å²) >= 11 is 0. The van der Waals surface area contributed by atoms with E-state index in [0.717, 1.165) is 12.1 Å². The lowest BCUT2D eigenvalue weighted by Gasteiger charge is -2.35. The fourth-order valence-electron chi connectivity index (χ4n) is 2.71. The molecule has 0 unspecified atom stereocenters. The van der Waals surface area contributed by atoms with E-state index in [1.165, 1.54) is 12.1 Å². The molecule has 12 heteroatoms. The van der Waals surface area contributed by atoms with E-state index in [1.54, 1.807) is 4.90 Å². The average molecular weight is 449 g/mol. The Bertz CT molecular complexity index is 916. The van der Waals surface area contributed by atoms with E-state index in [4.69, 9.17) is 9.88 Å². The van der Waals surface area contributed by atoms with Crippen molar-refractivity contribution in [2.75, 3.05) is 39.3 Å². The fourth-order valence-corrected chi connectivity index (χ4v) is 4.25. The minimum Gasteiger partial charge on any atom is -0.444 e. The third-order valence-corrected chi connectivity index (χ3v) is 6.61. The van der Waals surface area contributed by atoms with Crippen LogP contribution in [-0.2, 0) is 24.8 Å². The van der Waals surface area contributed by atoms with Crippen LogP contribution in [0.2, 0.25) is 0 Å². The molecule has 10 nitrogen and oxygen atoms in total. The van der Waals surface area contributed by atoms with Gasteiger partial charge < -0.3 is 9.64 Å². The van der Waals surface area contributed by atoms with Crippen molar-refractivity contribution >= 4 is 26.1 Å². The van der Waals surface area contributed by atoms with Crippen LogP contribution in [0.4, 0.5) is 4.79 Å².